The highest BCUT2D eigenvalue weighted by Crippen LogP contribution is 2.38. The van der Waals surface area contributed by atoms with Crippen LogP contribution in [0.3, 0.4) is 0 Å². The van der Waals surface area contributed by atoms with Crippen molar-refractivity contribution >= 4 is 40.2 Å². The summed E-state index contributed by atoms with van der Waals surface area (Å²) in [4.78, 5) is 18.9. The molecule has 2 aromatic carbocycles. The summed E-state index contributed by atoms with van der Waals surface area (Å²) in [6.45, 7) is 2.79. The highest BCUT2D eigenvalue weighted by Gasteiger charge is 2.38. The number of ether oxygens (including phenoxy) is 1. The first kappa shape index (κ1) is 30.3. The molecule has 1 saturated heterocycles. The summed E-state index contributed by atoms with van der Waals surface area (Å²) in [6.07, 6.45) is -2.22. The lowest BCUT2D eigenvalue weighted by atomic mass is 9.92. The van der Waals surface area contributed by atoms with Crippen LogP contribution in [-0.2, 0) is 6.18 Å². The first-order valence-corrected chi connectivity index (χ1v) is 14.3. The van der Waals surface area contributed by atoms with Crippen LogP contribution in [0.1, 0.15) is 31.2 Å². The number of pyridine rings is 1. The molecular formula is C29H30F4N6O3S. The molecule has 0 unspecified atom stereocenters. The minimum absolute atomic E-state index is 0.0818. The van der Waals surface area contributed by atoms with Crippen molar-refractivity contribution in [3.8, 4) is 5.88 Å². The van der Waals surface area contributed by atoms with E-state index in [1.54, 1.807) is 18.2 Å². The molecule has 1 aromatic heterocycles. The molecule has 3 aromatic rings. The minimum Gasteiger partial charge on any atom is -0.474 e. The van der Waals surface area contributed by atoms with Gasteiger partial charge in [-0.15, -0.1) is 0 Å². The summed E-state index contributed by atoms with van der Waals surface area (Å²) >= 11 is 5.53. The number of nitro groups is 1. The Morgan fingerprint density at radius 3 is 2.30 bits per heavy atom. The molecule has 43 heavy (non-hydrogen) atoms. The number of alkyl halides is 3. The van der Waals surface area contributed by atoms with Crippen molar-refractivity contribution in [2.45, 2.75) is 44.0 Å². The lowest BCUT2D eigenvalue weighted by Gasteiger charge is -2.37. The fraction of sp³-hybridized carbons (Fsp3) is 0.379. The molecule has 1 aliphatic heterocycles. The summed E-state index contributed by atoms with van der Waals surface area (Å²) in [5, 5.41) is 17.8. The van der Waals surface area contributed by atoms with E-state index in [2.05, 4.69) is 20.4 Å². The third-order valence-corrected chi connectivity index (χ3v) is 7.89. The number of benzene rings is 2. The van der Waals surface area contributed by atoms with E-state index in [4.69, 9.17) is 21.9 Å². The fourth-order valence-electron chi connectivity index (χ4n) is 5.26. The van der Waals surface area contributed by atoms with Gasteiger partial charge in [0.1, 0.15) is 23.3 Å². The van der Waals surface area contributed by atoms with Gasteiger partial charge in [-0.25, -0.2) is 4.39 Å². The van der Waals surface area contributed by atoms with Crippen LogP contribution in [0, 0.1) is 15.9 Å². The highest BCUT2D eigenvalue weighted by atomic mass is 32.1. The van der Waals surface area contributed by atoms with Crippen molar-refractivity contribution in [1.29, 1.82) is 0 Å². The zero-order chi connectivity index (χ0) is 30.6. The topological polar surface area (TPSA) is 95.8 Å². The molecule has 2 N–H and O–H groups in total. The van der Waals surface area contributed by atoms with E-state index in [1.165, 1.54) is 18.2 Å². The SMILES string of the molecule is O=[N+]([O-])c1ccc(NC2CCC(Oc3cccc(N4CCN(C(=S)Nc5ccc(F)cc5)CC4)n3)CC2)cc1C(F)(F)F. The summed E-state index contributed by atoms with van der Waals surface area (Å²) in [5.41, 5.74) is -1.30. The van der Waals surface area contributed by atoms with Crippen LogP contribution in [0.4, 0.5) is 40.4 Å². The smallest absolute Gasteiger partial charge is 0.423 e. The third-order valence-electron chi connectivity index (χ3n) is 7.53. The van der Waals surface area contributed by atoms with Crippen molar-refractivity contribution in [1.82, 2.24) is 9.88 Å². The van der Waals surface area contributed by atoms with Gasteiger partial charge in [-0.1, -0.05) is 6.07 Å². The maximum absolute atomic E-state index is 13.3. The monoisotopic (exact) mass is 618 g/mol. The highest BCUT2D eigenvalue weighted by molar-refractivity contribution is 7.80. The Bertz CT molecular complexity index is 1440. The summed E-state index contributed by atoms with van der Waals surface area (Å²) in [5.74, 6) is 0.998. The Hall–Kier alpha value is -4.20. The van der Waals surface area contributed by atoms with Gasteiger partial charge in [0.15, 0.2) is 5.11 Å². The number of halogens is 4. The van der Waals surface area contributed by atoms with Gasteiger partial charge < -0.3 is 25.2 Å². The van der Waals surface area contributed by atoms with Gasteiger partial charge in [-0.2, -0.15) is 18.2 Å². The summed E-state index contributed by atoms with van der Waals surface area (Å²) < 4.78 is 59.3. The molecule has 2 heterocycles. The van der Waals surface area contributed by atoms with Crippen molar-refractivity contribution in [3.63, 3.8) is 0 Å². The predicted octanol–water partition coefficient (Wildman–Crippen LogP) is 6.47. The van der Waals surface area contributed by atoms with Gasteiger partial charge in [0, 0.05) is 55.7 Å². The average Bonchev–Trinajstić information content (AvgIpc) is 2.99. The number of thiocarbonyl (C=S) groups is 1. The lowest BCUT2D eigenvalue weighted by molar-refractivity contribution is -0.388. The van der Waals surface area contributed by atoms with Gasteiger partial charge in [0.2, 0.25) is 5.88 Å². The molecule has 228 valence electrons. The van der Waals surface area contributed by atoms with Crippen LogP contribution < -0.4 is 20.3 Å². The van der Waals surface area contributed by atoms with Crippen molar-refractivity contribution in [2.75, 3.05) is 41.7 Å². The number of rotatable bonds is 7. The Morgan fingerprint density at radius 2 is 1.65 bits per heavy atom. The maximum atomic E-state index is 13.3. The number of hydrogen-bond donors (Lipinski definition) is 2. The van der Waals surface area contributed by atoms with E-state index in [1.807, 2.05) is 12.1 Å². The number of aromatic nitrogens is 1. The van der Waals surface area contributed by atoms with Gasteiger partial charge in [-0.05, 0) is 80.4 Å². The molecule has 2 fully saturated rings. The van der Waals surface area contributed by atoms with Crippen molar-refractivity contribution < 1.29 is 27.2 Å². The van der Waals surface area contributed by atoms with Crippen LogP contribution >= 0.6 is 12.2 Å². The second-order valence-electron chi connectivity index (χ2n) is 10.5. The fourth-order valence-corrected chi connectivity index (χ4v) is 5.56. The van der Waals surface area contributed by atoms with Crippen LogP contribution in [0.25, 0.3) is 0 Å². The second kappa shape index (κ2) is 13.0. The van der Waals surface area contributed by atoms with Gasteiger partial charge >= 0.3 is 6.18 Å². The number of nitrogens with zero attached hydrogens (tertiary/aromatic N) is 4. The molecule has 0 radical (unpaired) electrons. The Labute approximate surface area is 251 Å². The van der Waals surface area contributed by atoms with Crippen LogP contribution in [-0.4, -0.2) is 58.2 Å². The molecule has 1 aliphatic carbocycles. The number of anilines is 3. The molecular weight excluding hydrogens is 588 g/mol. The van der Waals surface area contributed by atoms with E-state index in [0.29, 0.717) is 62.9 Å². The normalized spacial score (nSPS) is 19.1. The van der Waals surface area contributed by atoms with E-state index < -0.39 is 22.4 Å². The Balaban J connectivity index is 1.10. The molecule has 0 atom stereocenters. The largest absolute Gasteiger partial charge is 0.474 e. The van der Waals surface area contributed by atoms with Crippen molar-refractivity contribution in [3.05, 3.63) is 82.2 Å². The van der Waals surface area contributed by atoms with E-state index in [9.17, 15) is 27.7 Å². The van der Waals surface area contributed by atoms with Crippen LogP contribution in [0.15, 0.2) is 60.7 Å². The third kappa shape index (κ3) is 7.80. The molecule has 1 saturated carbocycles. The zero-order valence-electron chi connectivity index (χ0n) is 23.0. The standard InChI is InChI=1S/C29H30F4N6O3S/c30-19-4-6-21(7-5-19)35-28(43)38-16-14-37(15-17-38)26-2-1-3-27(36-26)42-23-11-8-20(9-12-23)34-22-10-13-25(39(40)41)24(18-22)29(31,32)33/h1-7,10,13,18,20,23,34H,8-9,11-12,14-17H2,(H,35,43). The van der Waals surface area contributed by atoms with E-state index >= 15 is 0 Å². The van der Waals surface area contributed by atoms with Gasteiger partial charge in [0.05, 0.1) is 4.92 Å². The zero-order valence-corrected chi connectivity index (χ0v) is 23.8. The molecule has 0 bridgehead atoms. The molecule has 0 spiro atoms. The number of nitrogens with one attached hydrogen (secondary N) is 2. The Kier molecular flexibility index (Phi) is 9.14. The quantitative estimate of drug-likeness (QED) is 0.134. The molecule has 14 heteroatoms. The predicted molar refractivity (Wildman–Crippen MR) is 159 cm³/mol. The minimum atomic E-state index is -4.82. The number of hydrogen-bond acceptors (Lipinski definition) is 7. The average molecular weight is 619 g/mol. The Morgan fingerprint density at radius 1 is 0.977 bits per heavy atom. The van der Waals surface area contributed by atoms with Gasteiger partial charge in [0.25, 0.3) is 5.69 Å². The molecule has 2 aliphatic rings. The van der Waals surface area contributed by atoms with Crippen molar-refractivity contribution in [2.24, 2.45) is 0 Å². The molecule has 5 rings (SSSR count). The van der Waals surface area contributed by atoms with Gasteiger partial charge in [-0.3, -0.25) is 10.1 Å². The maximum Gasteiger partial charge on any atom is 0.423 e. The molecule has 9 nitrogen and oxygen atoms in total. The molecule has 0 amide bonds. The van der Waals surface area contributed by atoms with Crippen LogP contribution in [0.2, 0.25) is 0 Å². The number of nitro benzene ring substituents is 1. The van der Waals surface area contributed by atoms with E-state index in [0.717, 1.165) is 23.6 Å². The summed E-state index contributed by atoms with van der Waals surface area (Å²) in [6, 6.07) is 14.6. The number of piperazine rings is 1. The first-order chi connectivity index (χ1) is 20.5. The lowest BCUT2D eigenvalue weighted by Crippen LogP contribution is -2.50. The first-order valence-electron chi connectivity index (χ1n) is 13.9. The summed E-state index contributed by atoms with van der Waals surface area (Å²) in [7, 11) is 0. The second-order valence-corrected chi connectivity index (χ2v) is 10.9. The van der Waals surface area contributed by atoms with Crippen LogP contribution in [0.5, 0.6) is 5.88 Å². The van der Waals surface area contributed by atoms with E-state index in [-0.39, 0.29) is 23.7 Å².